The molecule has 0 fully saturated rings. The van der Waals surface area contributed by atoms with Crippen LogP contribution in [0.4, 0.5) is 5.69 Å². The average Bonchev–Trinajstić information content (AvgIpc) is 3.35. The van der Waals surface area contributed by atoms with E-state index in [9.17, 15) is 9.59 Å². The summed E-state index contributed by atoms with van der Waals surface area (Å²) in [5.74, 6) is -0.155. The third-order valence-corrected chi connectivity index (χ3v) is 5.97. The molecule has 1 aromatic heterocycles. The molecule has 1 atom stereocenters. The molecule has 2 amide bonds. The van der Waals surface area contributed by atoms with E-state index in [0.29, 0.717) is 26.1 Å². The standard InChI is InChI=1S/C26H29N3O3/c1-3-28(22-11-6-8-19(2)16-22)14-13-27-25(30)23-17-20-9-4-5-10-21(20)18-29(23)26(31)24-12-7-15-32-24/h4-12,15-16,23H,3,13-14,17-18H2,1-2H3,(H,27,30). The van der Waals surface area contributed by atoms with Gasteiger partial charge in [-0.05, 0) is 54.8 Å². The third kappa shape index (κ3) is 4.69. The molecular weight excluding hydrogens is 402 g/mol. The maximum atomic E-state index is 13.2. The van der Waals surface area contributed by atoms with E-state index in [1.54, 1.807) is 17.0 Å². The fraction of sp³-hybridized carbons (Fsp3) is 0.308. The Morgan fingerprint density at radius 2 is 1.91 bits per heavy atom. The second-order valence-electron chi connectivity index (χ2n) is 8.11. The number of hydrogen-bond acceptors (Lipinski definition) is 4. The van der Waals surface area contributed by atoms with Crippen LogP contribution in [0.1, 0.15) is 34.2 Å². The quantitative estimate of drug-likeness (QED) is 0.618. The van der Waals surface area contributed by atoms with Gasteiger partial charge in [0.25, 0.3) is 5.91 Å². The van der Waals surface area contributed by atoms with E-state index in [2.05, 4.69) is 42.3 Å². The van der Waals surface area contributed by atoms with Gasteiger partial charge in [-0.15, -0.1) is 0 Å². The highest BCUT2D eigenvalue weighted by Gasteiger charge is 2.35. The molecule has 0 spiro atoms. The Kier molecular flexibility index (Phi) is 6.59. The van der Waals surface area contributed by atoms with Crippen molar-refractivity contribution < 1.29 is 14.0 Å². The highest BCUT2D eigenvalue weighted by atomic mass is 16.3. The Labute approximate surface area is 188 Å². The van der Waals surface area contributed by atoms with Crippen molar-refractivity contribution in [3.63, 3.8) is 0 Å². The van der Waals surface area contributed by atoms with Crippen LogP contribution >= 0.6 is 0 Å². The van der Waals surface area contributed by atoms with Gasteiger partial charge in [-0.2, -0.15) is 0 Å². The SMILES string of the molecule is CCN(CCNC(=O)C1Cc2ccccc2CN1C(=O)c1ccco1)c1cccc(C)c1. The molecule has 1 aliphatic heterocycles. The van der Waals surface area contributed by atoms with Gasteiger partial charge < -0.3 is 19.5 Å². The average molecular weight is 432 g/mol. The van der Waals surface area contributed by atoms with E-state index in [-0.39, 0.29) is 17.6 Å². The van der Waals surface area contributed by atoms with E-state index in [0.717, 1.165) is 23.4 Å². The van der Waals surface area contributed by atoms with Gasteiger partial charge >= 0.3 is 0 Å². The molecular formula is C26H29N3O3. The summed E-state index contributed by atoms with van der Waals surface area (Å²) in [5.41, 5.74) is 4.51. The third-order valence-electron chi connectivity index (χ3n) is 5.97. The fourth-order valence-corrected chi connectivity index (χ4v) is 4.24. The number of likely N-dealkylation sites (N-methyl/N-ethyl adjacent to an activating group) is 1. The van der Waals surface area contributed by atoms with Crippen LogP contribution in [-0.4, -0.2) is 42.4 Å². The van der Waals surface area contributed by atoms with Crippen molar-refractivity contribution in [2.45, 2.75) is 32.9 Å². The lowest BCUT2D eigenvalue weighted by atomic mass is 9.93. The second kappa shape index (κ2) is 9.73. The zero-order valence-corrected chi connectivity index (χ0v) is 18.6. The maximum absolute atomic E-state index is 13.2. The number of furan rings is 1. The summed E-state index contributed by atoms with van der Waals surface area (Å²) in [6.07, 6.45) is 1.97. The first-order valence-electron chi connectivity index (χ1n) is 11.1. The fourth-order valence-electron chi connectivity index (χ4n) is 4.24. The number of fused-ring (bicyclic) bond motifs is 1. The number of nitrogens with one attached hydrogen (secondary N) is 1. The van der Waals surface area contributed by atoms with Gasteiger partial charge in [-0.1, -0.05) is 36.4 Å². The summed E-state index contributed by atoms with van der Waals surface area (Å²) in [4.78, 5) is 30.1. The Hall–Kier alpha value is -3.54. The van der Waals surface area contributed by atoms with E-state index >= 15 is 0 Å². The number of nitrogens with zero attached hydrogens (tertiary/aromatic N) is 2. The molecule has 0 radical (unpaired) electrons. The van der Waals surface area contributed by atoms with Gasteiger partial charge in [-0.3, -0.25) is 9.59 Å². The van der Waals surface area contributed by atoms with Gasteiger partial charge in [0.15, 0.2) is 5.76 Å². The summed E-state index contributed by atoms with van der Waals surface area (Å²) >= 11 is 0. The van der Waals surface area contributed by atoms with Crippen LogP contribution in [-0.2, 0) is 17.8 Å². The molecule has 4 rings (SSSR count). The minimum atomic E-state index is -0.573. The molecule has 166 valence electrons. The molecule has 3 aromatic rings. The predicted molar refractivity (Wildman–Crippen MR) is 125 cm³/mol. The van der Waals surface area contributed by atoms with E-state index in [1.165, 1.54) is 11.8 Å². The van der Waals surface area contributed by atoms with Crippen molar-refractivity contribution in [3.8, 4) is 0 Å². The molecule has 1 N–H and O–H groups in total. The second-order valence-corrected chi connectivity index (χ2v) is 8.11. The van der Waals surface area contributed by atoms with E-state index in [1.807, 2.05) is 30.3 Å². The lowest BCUT2D eigenvalue weighted by Gasteiger charge is -2.35. The molecule has 6 heteroatoms. The number of aryl methyl sites for hydroxylation is 1. The molecule has 0 saturated carbocycles. The van der Waals surface area contributed by atoms with Gasteiger partial charge in [-0.25, -0.2) is 0 Å². The van der Waals surface area contributed by atoms with Gasteiger partial charge in [0.1, 0.15) is 6.04 Å². The van der Waals surface area contributed by atoms with Crippen molar-refractivity contribution in [1.29, 1.82) is 0 Å². The maximum Gasteiger partial charge on any atom is 0.290 e. The number of benzene rings is 2. The first kappa shape index (κ1) is 21.7. The number of carbonyl (C=O) groups excluding carboxylic acids is 2. The Balaban J connectivity index is 1.46. The lowest BCUT2D eigenvalue weighted by Crippen LogP contribution is -2.53. The molecule has 2 aromatic carbocycles. The molecule has 1 aliphatic rings. The zero-order chi connectivity index (χ0) is 22.5. The molecule has 0 aliphatic carbocycles. The van der Waals surface area contributed by atoms with Crippen LogP contribution in [0.3, 0.4) is 0 Å². The number of amides is 2. The molecule has 0 saturated heterocycles. The van der Waals surface area contributed by atoms with Crippen molar-refractivity contribution >= 4 is 17.5 Å². The monoisotopic (exact) mass is 431 g/mol. The van der Waals surface area contributed by atoms with Crippen LogP contribution in [0.5, 0.6) is 0 Å². The summed E-state index contributed by atoms with van der Waals surface area (Å²) in [6.45, 7) is 6.61. The largest absolute Gasteiger partial charge is 0.459 e. The molecule has 0 bridgehead atoms. The van der Waals surface area contributed by atoms with E-state index < -0.39 is 6.04 Å². The minimum Gasteiger partial charge on any atom is -0.459 e. The van der Waals surface area contributed by atoms with Crippen molar-refractivity contribution in [1.82, 2.24) is 10.2 Å². The minimum absolute atomic E-state index is 0.139. The number of carbonyl (C=O) groups is 2. The van der Waals surface area contributed by atoms with Crippen LogP contribution in [0.2, 0.25) is 0 Å². The van der Waals surface area contributed by atoms with Crippen LogP contribution < -0.4 is 10.2 Å². The number of hydrogen-bond donors (Lipinski definition) is 1. The smallest absolute Gasteiger partial charge is 0.290 e. The predicted octanol–water partition coefficient (Wildman–Crippen LogP) is 3.80. The first-order chi connectivity index (χ1) is 15.6. The highest BCUT2D eigenvalue weighted by Crippen LogP contribution is 2.25. The summed E-state index contributed by atoms with van der Waals surface area (Å²) < 4.78 is 5.32. The Morgan fingerprint density at radius 1 is 1.09 bits per heavy atom. The van der Waals surface area contributed by atoms with Crippen molar-refractivity contribution in [2.24, 2.45) is 0 Å². The van der Waals surface area contributed by atoms with Crippen LogP contribution in [0.15, 0.2) is 71.3 Å². The highest BCUT2D eigenvalue weighted by molar-refractivity contribution is 5.96. The zero-order valence-electron chi connectivity index (χ0n) is 18.6. The van der Waals surface area contributed by atoms with Gasteiger partial charge in [0.2, 0.25) is 5.91 Å². The topological polar surface area (TPSA) is 65.8 Å². The molecule has 32 heavy (non-hydrogen) atoms. The number of anilines is 1. The molecule has 2 heterocycles. The number of rotatable bonds is 7. The van der Waals surface area contributed by atoms with Gasteiger partial charge in [0, 0.05) is 38.3 Å². The van der Waals surface area contributed by atoms with Crippen LogP contribution in [0.25, 0.3) is 0 Å². The summed E-state index contributed by atoms with van der Waals surface area (Å²) in [5, 5.41) is 3.06. The molecule has 6 nitrogen and oxygen atoms in total. The Bertz CT molecular complexity index is 1080. The Morgan fingerprint density at radius 3 is 2.62 bits per heavy atom. The first-order valence-corrected chi connectivity index (χ1v) is 11.1. The summed E-state index contributed by atoms with van der Waals surface area (Å²) in [7, 11) is 0. The van der Waals surface area contributed by atoms with E-state index in [4.69, 9.17) is 4.42 Å². The van der Waals surface area contributed by atoms with Crippen LogP contribution in [0, 0.1) is 6.92 Å². The van der Waals surface area contributed by atoms with Crippen molar-refractivity contribution in [3.05, 3.63) is 89.4 Å². The van der Waals surface area contributed by atoms with Gasteiger partial charge in [0.05, 0.1) is 6.26 Å². The lowest BCUT2D eigenvalue weighted by molar-refractivity contribution is -0.126. The molecule has 1 unspecified atom stereocenters. The van der Waals surface area contributed by atoms with Crippen molar-refractivity contribution in [2.75, 3.05) is 24.5 Å². The summed E-state index contributed by atoms with van der Waals surface area (Å²) in [6, 6.07) is 19.1. The normalized spacial score (nSPS) is 15.2.